The molecule has 0 unspecified atom stereocenters. The zero-order chi connectivity index (χ0) is 20.9. The standard InChI is InChI=1S/C28H38O2/c1-19(29)30-26-21(17-20-9-5-4-6-10-20)18-25-23-13-12-22-11-7-8-15-27(22,2)24(23)14-16-28(25,26)3/h4-6,9-10,17,22-26H,7-8,11-16,18H2,1-3H3/b21-17+/t22-,23-,24+,25+,26-,27+,28+/m1/s1. The van der Waals surface area contributed by atoms with Crippen molar-refractivity contribution in [3.8, 4) is 0 Å². The van der Waals surface area contributed by atoms with E-state index in [1.807, 2.05) is 0 Å². The van der Waals surface area contributed by atoms with Crippen molar-refractivity contribution >= 4 is 12.0 Å². The molecule has 7 atom stereocenters. The molecule has 0 aliphatic heterocycles. The summed E-state index contributed by atoms with van der Waals surface area (Å²) in [5.74, 6) is 3.12. The Kier molecular flexibility index (Phi) is 5.11. The van der Waals surface area contributed by atoms with Gasteiger partial charge in [0.05, 0.1) is 0 Å². The first-order valence-corrected chi connectivity index (χ1v) is 12.3. The van der Waals surface area contributed by atoms with Gasteiger partial charge in [0.2, 0.25) is 0 Å². The van der Waals surface area contributed by atoms with E-state index >= 15 is 0 Å². The van der Waals surface area contributed by atoms with Gasteiger partial charge in [0.1, 0.15) is 6.10 Å². The molecular formula is C28H38O2. The molecule has 4 fully saturated rings. The van der Waals surface area contributed by atoms with Crippen molar-refractivity contribution in [3.05, 3.63) is 41.5 Å². The maximum atomic E-state index is 12.1. The number of fused-ring (bicyclic) bond motifs is 5. The van der Waals surface area contributed by atoms with Crippen molar-refractivity contribution in [3.63, 3.8) is 0 Å². The van der Waals surface area contributed by atoms with Gasteiger partial charge < -0.3 is 4.74 Å². The molecule has 1 aromatic rings. The Balaban J connectivity index is 1.50. The third kappa shape index (κ3) is 3.17. The van der Waals surface area contributed by atoms with Crippen LogP contribution >= 0.6 is 0 Å². The van der Waals surface area contributed by atoms with E-state index in [1.54, 1.807) is 6.92 Å². The highest BCUT2D eigenvalue weighted by atomic mass is 16.5. The number of carbonyl (C=O) groups excluding carboxylic acids is 1. The minimum atomic E-state index is -0.133. The first-order valence-electron chi connectivity index (χ1n) is 12.3. The van der Waals surface area contributed by atoms with Gasteiger partial charge in [0.25, 0.3) is 0 Å². The molecule has 162 valence electrons. The molecule has 30 heavy (non-hydrogen) atoms. The molecule has 0 spiro atoms. The molecule has 0 N–H and O–H groups in total. The van der Waals surface area contributed by atoms with Crippen LogP contribution in [-0.2, 0) is 9.53 Å². The summed E-state index contributed by atoms with van der Waals surface area (Å²) in [7, 11) is 0. The predicted molar refractivity (Wildman–Crippen MR) is 122 cm³/mol. The predicted octanol–water partition coefficient (Wildman–Crippen LogP) is 7.04. The Labute approximate surface area is 182 Å². The Morgan fingerprint density at radius 2 is 1.77 bits per heavy atom. The van der Waals surface area contributed by atoms with E-state index in [9.17, 15) is 4.79 Å². The Hall–Kier alpha value is -1.57. The van der Waals surface area contributed by atoms with E-state index in [0.717, 1.165) is 24.2 Å². The van der Waals surface area contributed by atoms with Crippen molar-refractivity contribution < 1.29 is 9.53 Å². The minimum absolute atomic E-state index is 0.0574. The van der Waals surface area contributed by atoms with Crippen LogP contribution in [0, 0.1) is 34.5 Å². The van der Waals surface area contributed by atoms with Crippen LogP contribution in [0.4, 0.5) is 0 Å². The normalized spacial score (nSPS) is 44.1. The lowest BCUT2D eigenvalue weighted by Gasteiger charge is -2.60. The maximum Gasteiger partial charge on any atom is 0.303 e. The smallest absolute Gasteiger partial charge is 0.303 e. The van der Waals surface area contributed by atoms with E-state index in [1.165, 1.54) is 62.5 Å². The van der Waals surface area contributed by atoms with Gasteiger partial charge in [-0.05, 0) is 85.2 Å². The zero-order valence-electron chi connectivity index (χ0n) is 19.0. The van der Waals surface area contributed by atoms with Crippen LogP contribution in [-0.4, -0.2) is 12.1 Å². The summed E-state index contributed by atoms with van der Waals surface area (Å²) < 4.78 is 6.07. The van der Waals surface area contributed by atoms with E-state index in [2.05, 4.69) is 50.3 Å². The summed E-state index contributed by atoms with van der Waals surface area (Å²) in [5, 5.41) is 0. The summed E-state index contributed by atoms with van der Waals surface area (Å²) in [6.45, 7) is 6.65. The number of rotatable bonds is 2. The molecule has 0 heterocycles. The van der Waals surface area contributed by atoms with Gasteiger partial charge in [-0.3, -0.25) is 4.79 Å². The average Bonchev–Trinajstić information content (AvgIpc) is 3.00. The SMILES string of the molecule is CC(=O)O[C@@H]1/C(=C/c2ccccc2)C[C@H]2[C@@H]3CC[C@H]4CCCC[C@]4(C)[C@H]3CC[C@]12C. The molecule has 0 amide bonds. The molecule has 5 rings (SSSR count). The second-order valence-corrected chi connectivity index (χ2v) is 11.3. The fourth-order valence-corrected chi connectivity index (χ4v) is 8.41. The van der Waals surface area contributed by atoms with E-state index in [4.69, 9.17) is 4.74 Å². The van der Waals surface area contributed by atoms with Crippen LogP contribution in [0.25, 0.3) is 6.08 Å². The lowest BCUT2D eigenvalue weighted by atomic mass is 9.45. The topological polar surface area (TPSA) is 26.3 Å². The van der Waals surface area contributed by atoms with Gasteiger partial charge >= 0.3 is 5.97 Å². The first kappa shape index (κ1) is 20.3. The van der Waals surface area contributed by atoms with E-state index < -0.39 is 0 Å². The maximum absolute atomic E-state index is 12.1. The van der Waals surface area contributed by atoms with Gasteiger partial charge in [-0.15, -0.1) is 0 Å². The lowest BCUT2D eigenvalue weighted by Crippen LogP contribution is -2.53. The molecule has 0 radical (unpaired) electrons. The quantitative estimate of drug-likeness (QED) is 0.492. The lowest BCUT2D eigenvalue weighted by molar-refractivity contribution is -0.159. The number of hydrogen-bond donors (Lipinski definition) is 0. The van der Waals surface area contributed by atoms with Crippen molar-refractivity contribution in [2.45, 2.75) is 84.7 Å². The van der Waals surface area contributed by atoms with Crippen LogP contribution in [0.1, 0.15) is 84.1 Å². The number of esters is 1. The molecule has 4 aliphatic rings. The third-order valence-electron chi connectivity index (χ3n) is 9.85. The highest BCUT2D eigenvalue weighted by molar-refractivity contribution is 5.67. The van der Waals surface area contributed by atoms with Crippen molar-refractivity contribution in [2.75, 3.05) is 0 Å². The largest absolute Gasteiger partial charge is 0.457 e. The monoisotopic (exact) mass is 406 g/mol. The fourth-order valence-electron chi connectivity index (χ4n) is 8.41. The van der Waals surface area contributed by atoms with Gasteiger partial charge in [0, 0.05) is 12.3 Å². The Morgan fingerprint density at radius 3 is 2.53 bits per heavy atom. The molecular weight excluding hydrogens is 368 g/mol. The zero-order valence-corrected chi connectivity index (χ0v) is 19.0. The summed E-state index contributed by atoms with van der Waals surface area (Å²) in [4.78, 5) is 12.1. The number of benzene rings is 1. The number of carbonyl (C=O) groups is 1. The molecule has 4 saturated carbocycles. The average molecular weight is 407 g/mol. The van der Waals surface area contributed by atoms with Crippen LogP contribution in [0.2, 0.25) is 0 Å². The third-order valence-corrected chi connectivity index (χ3v) is 9.85. The summed E-state index contributed by atoms with van der Waals surface area (Å²) >= 11 is 0. The number of hydrogen-bond acceptors (Lipinski definition) is 2. The first-order chi connectivity index (χ1) is 14.4. The summed E-state index contributed by atoms with van der Waals surface area (Å²) in [6.07, 6.45) is 14.4. The molecule has 2 heteroatoms. The molecule has 4 aliphatic carbocycles. The molecule has 0 bridgehead atoms. The van der Waals surface area contributed by atoms with Crippen molar-refractivity contribution in [1.29, 1.82) is 0 Å². The minimum Gasteiger partial charge on any atom is -0.457 e. The highest BCUT2D eigenvalue weighted by Crippen LogP contribution is 2.67. The van der Waals surface area contributed by atoms with Crippen molar-refractivity contribution in [1.82, 2.24) is 0 Å². The van der Waals surface area contributed by atoms with Gasteiger partial charge in [-0.25, -0.2) is 0 Å². The Morgan fingerprint density at radius 1 is 0.967 bits per heavy atom. The van der Waals surface area contributed by atoms with Crippen LogP contribution < -0.4 is 0 Å². The number of ether oxygens (including phenoxy) is 1. The van der Waals surface area contributed by atoms with E-state index in [-0.39, 0.29) is 17.5 Å². The molecule has 0 saturated heterocycles. The van der Waals surface area contributed by atoms with Crippen LogP contribution in [0.3, 0.4) is 0 Å². The van der Waals surface area contributed by atoms with Gasteiger partial charge in [0.15, 0.2) is 0 Å². The summed E-state index contributed by atoms with van der Waals surface area (Å²) in [5.41, 5.74) is 3.21. The van der Waals surface area contributed by atoms with Gasteiger partial charge in [-0.1, -0.05) is 63.1 Å². The molecule has 2 nitrogen and oxygen atoms in total. The fraction of sp³-hybridized carbons (Fsp3) is 0.679. The second-order valence-electron chi connectivity index (χ2n) is 11.3. The second kappa shape index (κ2) is 7.53. The highest BCUT2D eigenvalue weighted by Gasteiger charge is 2.61. The molecule has 1 aromatic carbocycles. The van der Waals surface area contributed by atoms with E-state index in [0.29, 0.717) is 11.3 Å². The van der Waals surface area contributed by atoms with Crippen LogP contribution in [0.5, 0.6) is 0 Å². The summed E-state index contributed by atoms with van der Waals surface area (Å²) in [6, 6.07) is 10.6. The van der Waals surface area contributed by atoms with Gasteiger partial charge in [-0.2, -0.15) is 0 Å². The van der Waals surface area contributed by atoms with Crippen molar-refractivity contribution in [2.24, 2.45) is 34.5 Å². The molecule has 0 aromatic heterocycles. The Bertz CT molecular complexity index is 826. The van der Waals surface area contributed by atoms with Crippen LogP contribution in [0.15, 0.2) is 35.9 Å².